The van der Waals surface area contributed by atoms with Crippen LogP contribution >= 0.6 is 12.4 Å². The lowest BCUT2D eigenvalue weighted by atomic mass is 9.92. The van der Waals surface area contributed by atoms with E-state index in [1.807, 2.05) is 37.3 Å². The lowest BCUT2D eigenvalue weighted by Gasteiger charge is -2.25. The van der Waals surface area contributed by atoms with Crippen LogP contribution in [-0.4, -0.2) is 29.2 Å². The molecule has 0 aliphatic heterocycles. The first-order chi connectivity index (χ1) is 9.86. The molecular formula is C17H29ClN2O2. The standard InChI is InChI=1S/C17H28N2O2.ClH/c1-4-10-17(3,18)16(21)19-12-15(11-13(2)20)14-8-6-5-7-9-14;/h5-9,13,15,20H,4,10-12,18H2,1-3H3,(H,19,21);1H. The molecule has 0 bridgehead atoms. The number of aliphatic hydroxyl groups excluding tert-OH is 1. The molecule has 4 N–H and O–H groups in total. The fraction of sp³-hybridized carbons (Fsp3) is 0.588. The second kappa shape index (κ2) is 9.82. The van der Waals surface area contributed by atoms with E-state index >= 15 is 0 Å². The quantitative estimate of drug-likeness (QED) is 0.686. The van der Waals surface area contributed by atoms with Gasteiger partial charge < -0.3 is 16.2 Å². The van der Waals surface area contributed by atoms with E-state index in [1.54, 1.807) is 13.8 Å². The number of rotatable bonds is 8. The molecule has 0 spiro atoms. The fourth-order valence-corrected chi connectivity index (χ4v) is 2.52. The lowest BCUT2D eigenvalue weighted by Crippen LogP contribution is -2.52. The van der Waals surface area contributed by atoms with Gasteiger partial charge in [-0.05, 0) is 32.3 Å². The minimum absolute atomic E-state index is 0. The van der Waals surface area contributed by atoms with Crippen LogP contribution in [0.3, 0.4) is 0 Å². The van der Waals surface area contributed by atoms with Crippen molar-refractivity contribution in [2.45, 2.75) is 57.6 Å². The Morgan fingerprint density at radius 3 is 2.45 bits per heavy atom. The number of carbonyl (C=O) groups excluding carboxylic acids is 1. The van der Waals surface area contributed by atoms with Gasteiger partial charge in [0.2, 0.25) is 5.91 Å². The number of benzene rings is 1. The summed E-state index contributed by atoms with van der Waals surface area (Å²) >= 11 is 0. The Bertz CT molecular complexity index is 436. The van der Waals surface area contributed by atoms with Gasteiger partial charge in [-0.25, -0.2) is 0 Å². The van der Waals surface area contributed by atoms with Gasteiger partial charge >= 0.3 is 0 Å². The van der Waals surface area contributed by atoms with Crippen molar-refractivity contribution in [3.8, 4) is 0 Å². The van der Waals surface area contributed by atoms with E-state index in [1.165, 1.54) is 0 Å². The van der Waals surface area contributed by atoms with Crippen molar-refractivity contribution in [3.63, 3.8) is 0 Å². The van der Waals surface area contributed by atoms with Crippen molar-refractivity contribution < 1.29 is 9.90 Å². The number of amides is 1. The highest BCUT2D eigenvalue weighted by Gasteiger charge is 2.27. The van der Waals surface area contributed by atoms with E-state index in [2.05, 4.69) is 5.32 Å². The van der Waals surface area contributed by atoms with E-state index in [0.717, 1.165) is 12.0 Å². The minimum atomic E-state index is -0.833. The molecule has 1 amide bonds. The smallest absolute Gasteiger partial charge is 0.239 e. The van der Waals surface area contributed by atoms with Crippen LogP contribution < -0.4 is 11.1 Å². The van der Waals surface area contributed by atoms with Crippen LogP contribution in [0.2, 0.25) is 0 Å². The highest BCUT2D eigenvalue weighted by molar-refractivity contribution is 5.85. The van der Waals surface area contributed by atoms with E-state index in [9.17, 15) is 9.90 Å². The number of carbonyl (C=O) groups is 1. The summed E-state index contributed by atoms with van der Waals surface area (Å²) in [5, 5.41) is 12.6. The van der Waals surface area contributed by atoms with E-state index in [0.29, 0.717) is 19.4 Å². The molecule has 4 nitrogen and oxygen atoms in total. The minimum Gasteiger partial charge on any atom is -0.393 e. The Morgan fingerprint density at radius 1 is 1.36 bits per heavy atom. The molecule has 0 saturated carbocycles. The summed E-state index contributed by atoms with van der Waals surface area (Å²) < 4.78 is 0. The number of nitrogens with two attached hydrogens (primary N) is 1. The maximum Gasteiger partial charge on any atom is 0.239 e. The Hall–Kier alpha value is -1.10. The highest BCUT2D eigenvalue weighted by Crippen LogP contribution is 2.21. The zero-order valence-electron chi connectivity index (χ0n) is 13.7. The number of halogens is 1. The molecule has 0 saturated heterocycles. The molecule has 3 atom stereocenters. The zero-order valence-corrected chi connectivity index (χ0v) is 14.5. The number of aliphatic hydroxyl groups is 1. The molecule has 0 fully saturated rings. The third-order valence-electron chi connectivity index (χ3n) is 3.69. The van der Waals surface area contributed by atoms with Crippen LogP contribution in [0, 0.1) is 0 Å². The molecule has 22 heavy (non-hydrogen) atoms. The molecular weight excluding hydrogens is 300 g/mol. The summed E-state index contributed by atoms with van der Waals surface area (Å²) in [7, 11) is 0. The zero-order chi connectivity index (χ0) is 15.9. The Balaban J connectivity index is 0.00000441. The third kappa shape index (κ3) is 6.77. The normalized spacial score (nSPS) is 16.0. The predicted molar refractivity (Wildman–Crippen MR) is 93.2 cm³/mol. The van der Waals surface area contributed by atoms with Crippen molar-refractivity contribution >= 4 is 18.3 Å². The molecule has 0 aliphatic carbocycles. The molecule has 126 valence electrons. The molecule has 1 rings (SSSR count). The monoisotopic (exact) mass is 328 g/mol. The summed E-state index contributed by atoms with van der Waals surface area (Å²) in [6.07, 6.45) is 1.73. The van der Waals surface area contributed by atoms with E-state index in [4.69, 9.17) is 5.73 Å². The summed E-state index contributed by atoms with van der Waals surface area (Å²) in [5.41, 5.74) is 6.32. The average Bonchev–Trinajstić information content (AvgIpc) is 2.43. The molecule has 0 aromatic heterocycles. The van der Waals surface area contributed by atoms with Crippen LogP contribution in [0.4, 0.5) is 0 Å². The average molecular weight is 329 g/mol. The first-order valence-corrected chi connectivity index (χ1v) is 7.67. The lowest BCUT2D eigenvalue weighted by molar-refractivity contribution is -0.126. The topological polar surface area (TPSA) is 75.4 Å². The second-order valence-corrected chi connectivity index (χ2v) is 6.07. The molecule has 0 heterocycles. The van der Waals surface area contributed by atoms with Crippen molar-refractivity contribution in [3.05, 3.63) is 35.9 Å². The molecule has 5 heteroatoms. The molecule has 0 radical (unpaired) electrons. The third-order valence-corrected chi connectivity index (χ3v) is 3.69. The Morgan fingerprint density at radius 2 is 1.95 bits per heavy atom. The van der Waals surface area contributed by atoms with Gasteiger partial charge in [0.15, 0.2) is 0 Å². The van der Waals surface area contributed by atoms with Gasteiger partial charge in [0.05, 0.1) is 11.6 Å². The maximum atomic E-state index is 12.2. The fourth-order valence-electron chi connectivity index (χ4n) is 2.52. The summed E-state index contributed by atoms with van der Waals surface area (Å²) in [6, 6.07) is 9.94. The molecule has 1 aromatic rings. The van der Waals surface area contributed by atoms with Gasteiger partial charge in [-0.15, -0.1) is 12.4 Å². The van der Waals surface area contributed by atoms with Gasteiger partial charge in [-0.2, -0.15) is 0 Å². The van der Waals surface area contributed by atoms with E-state index in [-0.39, 0.29) is 24.2 Å². The SMILES string of the molecule is CCCC(C)(N)C(=O)NCC(CC(C)O)c1ccccc1.Cl. The van der Waals surface area contributed by atoms with Gasteiger partial charge in [0.25, 0.3) is 0 Å². The number of hydrogen-bond donors (Lipinski definition) is 3. The Labute approximate surface area is 139 Å². The van der Waals surface area contributed by atoms with Crippen molar-refractivity contribution in [1.82, 2.24) is 5.32 Å². The van der Waals surface area contributed by atoms with Crippen LogP contribution in [-0.2, 0) is 4.79 Å². The Kier molecular flexibility index (Phi) is 9.33. The van der Waals surface area contributed by atoms with Gasteiger partial charge in [0.1, 0.15) is 0 Å². The van der Waals surface area contributed by atoms with Gasteiger partial charge in [0, 0.05) is 12.5 Å². The van der Waals surface area contributed by atoms with Crippen LogP contribution in [0.15, 0.2) is 30.3 Å². The van der Waals surface area contributed by atoms with Crippen LogP contribution in [0.25, 0.3) is 0 Å². The van der Waals surface area contributed by atoms with Crippen LogP contribution in [0.1, 0.15) is 51.5 Å². The number of nitrogens with one attached hydrogen (secondary N) is 1. The summed E-state index contributed by atoms with van der Waals surface area (Å²) in [6.45, 7) is 6.03. The van der Waals surface area contributed by atoms with Gasteiger partial charge in [-0.1, -0.05) is 43.7 Å². The number of hydrogen-bond acceptors (Lipinski definition) is 3. The second-order valence-electron chi connectivity index (χ2n) is 6.07. The summed E-state index contributed by atoms with van der Waals surface area (Å²) in [5.74, 6) is -0.0385. The highest BCUT2D eigenvalue weighted by atomic mass is 35.5. The molecule has 3 unspecified atom stereocenters. The molecule has 1 aromatic carbocycles. The largest absolute Gasteiger partial charge is 0.393 e. The van der Waals surface area contributed by atoms with Crippen molar-refractivity contribution in [2.75, 3.05) is 6.54 Å². The first-order valence-electron chi connectivity index (χ1n) is 7.67. The summed E-state index contributed by atoms with van der Waals surface area (Å²) in [4.78, 5) is 12.2. The van der Waals surface area contributed by atoms with Crippen LogP contribution in [0.5, 0.6) is 0 Å². The first kappa shape index (κ1) is 20.9. The van der Waals surface area contributed by atoms with Gasteiger partial charge in [-0.3, -0.25) is 4.79 Å². The molecule has 0 aliphatic rings. The predicted octanol–water partition coefficient (Wildman–Crippen LogP) is 2.60. The maximum absolute atomic E-state index is 12.2. The van der Waals surface area contributed by atoms with E-state index < -0.39 is 11.6 Å². The van der Waals surface area contributed by atoms with Crippen molar-refractivity contribution in [2.24, 2.45) is 5.73 Å². The van der Waals surface area contributed by atoms with Crippen molar-refractivity contribution in [1.29, 1.82) is 0 Å².